The highest BCUT2D eigenvalue weighted by molar-refractivity contribution is 7.99. The molecule has 0 fully saturated rings. The van der Waals surface area contributed by atoms with Gasteiger partial charge in [0, 0.05) is 20.1 Å². The van der Waals surface area contributed by atoms with E-state index in [9.17, 15) is 14.0 Å². The minimum atomic E-state index is -0.305. The van der Waals surface area contributed by atoms with E-state index in [-0.39, 0.29) is 23.0 Å². The summed E-state index contributed by atoms with van der Waals surface area (Å²) in [5.74, 6) is 0.695. The van der Waals surface area contributed by atoms with Gasteiger partial charge in [0.15, 0.2) is 5.16 Å². The fourth-order valence-electron chi connectivity index (χ4n) is 3.60. The van der Waals surface area contributed by atoms with Gasteiger partial charge in [-0.15, -0.1) is 10.2 Å². The van der Waals surface area contributed by atoms with Crippen LogP contribution in [-0.4, -0.2) is 42.8 Å². The standard InChI is InChI=1S/C24H26FN5O2S/c1-16(2)12-13-29-22(32)19-6-4-5-7-20(19)30-23(29)26-27-24(30)33-15-21(31)28(3)14-17-8-10-18(25)11-9-17/h4-11,16H,12-15H2,1-3H3. The monoisotopic (exact) mass is 467 g/mol. The summed E-state index contributed by atoms with van der Waals surface area (Å²) < 4.78 is 16.6. The fourth-order valence-corrected chi connectivity index (χ4v) is 4.48. The molecule has 0 saturated carbocycles. The van der Waals surface area contributed by atoms with Crippen molar-refractivity contribution in [3.8, 4) is 0 Å². The number of nitrogens with zero attached hydrogens (tertiary/aromatic N) is 5. The van der Waals surface area contributed by atoms with E-state index in [0.29, 0.717) is 35.3 Å². The third kappa shape index (κ3) is 4.93. The molecule has 0 saturated heterocycles. The van der Waals surface area contributed by atoms with Gasteiger partial charge >= 0.3 is 0 Å². The van der Waals surface area contributed by atoms with Gasteiger partial charge in [-0.1, -0.05) is 49.9 Å². The summed E-state index contributed by atoms with van der Waals surface area (Å²) in [6, 6.07) is 13.5. The first kappa shape index (κ1) is 23.0. The molecule has 4 aromatic rings. The lowest BCUT2D eigenvalue weighted by Gasteiger charge is -2.17. The first-order chi connectivity index (χ1) is 15.8. The summed E-state index contributed by atoms with van der Waals surface area (Å²) in [7, 11) is 1.72. The SMILES string of the molecule is CC(C)CCn1c(=O)c2ccccc2n2c(SCC(=O)N(C)Cc3ccc(F)cc3)nnc12. The van der Waals surface area contributed by atoms with Crippen LogP contribution in [0.25, 0.3) is 16.7 Å². The predicted octanol–water partition coefficient (Wildman–Crippen LogP) is 3.98. The average Bonchev–Trinajstić information content (AvgIpc) is 3.22. The van der Waals surface area contributed by atoms with Crippen molar-refractivity contribution in [3.63, 3.8) is 0 Å². The molecule has 33 heavy (non-hydrogen) atoms. The second-order valence-corrected chi connectivity index (χ2v) is 9.38. The van der Waals surface area contributed by atoms with Crippen LogP contribution in [-0.2, 0) is 17.9 Å². The number of rotatable bonds is 8. The summed E-state index contributed by atoms with van der Waals surface area (Å²) in [4.78, 5) is 27.4. The van der Waals surface area contributed by atoms with Crippen molar-refractivity contribution in [1.82, 2.24) is 24.1 Å². The van der Waals surface area contributed by atoms with Gasteiger partial charge < -0.3 is 4.90 Å². The third-order valence-corrected chi connectivity index (χ3v) is 6.41. The first-order valence-corrected chi connectivity index (χ1v) is 11.8. The van der Waals surface area contributed by atoms with Crippen molar-refractivity contribution in [2.75, 3.05) is 12.8 Å². The van der Waals surface area contributed by atoms with Crippen LogP contribution in [0.15, 0.2) is 58.5 Å². The minimum absolute atomic E-state index is 0.0847. The maximum absolute atomic E-state index is 13.1. The molecule has 2 heterocycles. The van der Waals surface area contributed by atoms with Gasteiger partial charge in [0.25, 0.3) is 5.56 Å². The van der Waals surface area contributed by atoms with Crippen molar-refractivity contribution in [2.24, 2.45) is 5.92 Å². The molecule has 0 aliphatic rings. The van der Waals surface area contributed by atoms with E-state index >= 15 is 0 Å². The number of carbonyl (C=O) groups is 1. The second-order valence-electron chi connectivity index (χ2n) is 8.44. The normalized spacial score (nSPS) is 11.5. The Morgan fingerprint density at radius 1 is 1.12 bits per heavy atom. The molecular weight excluding hydrogens is 441 g/mol. The van der Waals surface area contributed by atoms with Crippen LogP contribution in [0.4, 0.5) is 4.39 Å². The molecule has 2 aromatic carbocycles. The average molecular weight is 468 g/mol. The number of amides is 1. The molecular formula is C24H26FN5O2S. The van der Waals surface area contributed by atoms with E-state index in [4.69, 9.17) is 0 Å². The van der Waals surface area contributed by atoms with Crippen LogP contribution in [0.3, 0.4) is 0 Å². The molecule has 0 aliphatic heterocycles. The summed E-state index contributed by atoms with van der Waals surface area (Å²) in [5, 5.41) is 9.76. The van der Waals surface area contributed by atoms with Crippen LogP contribution >= 0.6 is 11.8 Å². The zero-order valence-electron chi connectivity index (χ0n) is 18.9. The number of benzene rings is 2. The topological polar surface area (TPSA) is 72.5 Å². The minimum Gasteiger partial charge on any atom is -0.341 e. The summed E-state index contributed by atoms with van der Waals surface area (Å²) in [5.41, 5.74) is 1.49. The third-order valence-electron chi connectivity index (χ3n) is 5.49. The number of halogens is 1. The maximum atomic E-state index is 13.1. The predicted molar refractivity (Wildman–Crippen MR) is 128 cm³/mol. The van der Waals surface area contributed by atoms with Crippen LogP contribution < -0.4 is 5.56 Å². The summed E-state index contributed by atoms with van der Waals surface area (Å²) in [6.45, 7) is 5.16. The Morgan fingerprint density at radius 3 is 2.58 bits per heavy atom. The quantitative estimate of drug-likeness (QED) is 0.367. The Hall–Kier alpha value is -3.20. The van der Waals surface area contributed by atoms with E-state index in [1.54, 1.807) is 34.7 Å². The van der Waals surface area contributed by atoms with Gasteiger partial charge in [-0.2, -0.15) is 0 Å². The van der Waals surface area contributed by atoms with E-state index < -0.39 is 0 Å². The van der Waals surface area contributed by atoms with Crippen LogP contribution in [0.1, 0.15) is 25.8 Å². The lowest BCUT2D eigenvalue weighted by molar-refractivity contribution is -0.127. The van der Waals surface area contributed by atoms with Gasteiger partial charge in [0.1, 0.15) is 5.82 Å². The summed E-state index contributed by atoms with van der Waals surface area (Å²) in [6.07, 6.45) is 0.843. The van der Waals surface area contributed by atoms with Crippen LogP contribution in [0.2, 0.25) is 0 Å². The van der Waals surface area contributed by atoms with Gasteiger partial charge in [0.05, 0.1) is 16.7 Å². The molecule has 0 N–H and O–H groups in total. The number of fused-ring (bicyclic) bond motifs is 3. The number of aryl methyl sites for hydroxylation is 1. The lowest BCUT2D eigenvalue weighted by Crippen LogP contribution is -2.28. The molecule has 0 aliphatic carbocycles. The molecule has 2 aromatic heterocycles. The van der Waals surface area contributed by atoms with Crippen LogP contribution in [0.5, 0.6) is 0 Å². The molecule has 0 unspecified atom stereocenters. The Kier molecular flexibility index (Phi) is 6.78. The van der Waals surface area contributed by atoms with Gasteiger partial charge in [0.2, 0.25) is 11.7 Å². The lowest BCUT2D eigenvalue weighted by atomic mass is 10.1. The first-order valence-electron chi connectivity index (χ1n) is 10.8. The van der Waals surface area contributed by atoms with Crippen molar-refractivity contribution in [3.05, 3.63) is 70.3 Å². The van der Waals surface area contributed by atoms with E-state index in [1.807, 2.05) is 22.6 Å². The summed E-state index contributed by atoms with van der Waals surface area (Å²) >= 11 is 1.28. The number of carbonyl (C=O) groups excluding carboxylic acids is 1. The van der Waals surface area contributed by atoms with Gasteiger partial charge in [-0.25, -0.2) is 4.39 Å². The highest BCUT2D eigenvalue weighted by atomic mass is 32.2. The highest BCUT2D eigenvalue weighted by Gasteiger charge is 2.18. The number of hydrogen-bond acceptors (Lipinski definition) is 5. The Morgan fingerprint density at radius 2 is 1.85 bits per heavy atom. The highest BCUT2D eigenvalue weighted by Crippen LogP contribution is 2.22. The number of para-hydroxylation sites is 1. The van der Waals surface area contributed by atoms with E-state index in [0.717, 1.165) is 17.5 Å². The molecule has 0 atom stereocenters. The zero-order chi connectivity index (χ0) is 23.5. The van der Waals surface area contributed by atoms with E-state index in [1.165, 1.54) is 23.9 Å². The van der Waals surface area contributed by atoms with E-state index in [2.05, 4.69) is 24.0 Å². The Labute approximate surface area is 195 Å². The van der Waals surface area contributed by atoms with Crippen molar-refractivity contribution < 1.29 is 9.18 Å². The molecule has 4 rings (SSSR count). The fraction of sp³-hybridized carbons (Fsp3) is 0.333. The van der Waals surface area contributed by atoms with Gasteiger partial charge in [-0.3, -0.25) is 18.6 Å². The molecule has 0 bridgehead atoms. The smallest absolute Gasteiger partial charge is 0.262 e. The maximum Gasteiger partial charge on any atom is 0.262 e. The molecule has 0 radical (unpaired) electrons. The molecule has 172 valence electrons. The molecule has 0 spiro atoms. The number of thioether (sulfide) groups is 1. The van der Waals surface area contributed by atoms with Crippen molar-refractivity contribution >= 4 is 34.3 Å². The number of aromatic nitrogens is 4. The second kappa shape index (κ2) is 9.74. The van der Waals surface area contributed by atoms with Gasteiger partial charge in [-0.05, 0) is 42.2 Å². The molecule has 7 nitrogen and oxygen atoms in total. The number of hydrogen-bond donors (Lipinski definition) is 0. The Bertz CT molecular complexity index is 1350. The molecule has 9 heteroatoms. The van der Waals surface area contributed by atoms with Crippen molar-refractivity contribution in [2.45, 2.75) is 38.5 Å². The zero-order valence-corrected chi connectivity index (χ0v) is 19.7. The van der Waals surface area contributed by atoms with Crippen LogP contribution in [0, 0.1) is 11.7 Å². The largest absolute Gasteiger partial charge is 0.341 e. The molecule has 1 amide bonds. The van der Waals surface area contributed by atoms with Crippen molar-refractivity contribution in [1.29, 1.82) is 0 Å². The Balaban J connectivity index is 1.60.